The Kier molecular flexibility index (Phi) is 7.74. The quantitative estimate of drug-likeness (QED) is 0.809. The molecule has 0 saturated carbocycles. The summed E-state index contributed by atoms with van der Waals surface area (Å²) in [6.07, 6.45) is 4.01. The van der Waals surface area contributed by atoms with E-state index < -0.39 is 0 Å². The van der Waals surface area contributed by atoms with Gasteiger partial charge in [0.1, 0.15) is 10.8 Å². The van der Waals surface area contributed by atoms with Gasteiger partial charge < -0.3 is 10.1 Å². The minimum Gasteiger partial charge on any atom is -0.497 e. The summed E-state index contributed by atoms with van der Waals surface area (Å²) in [4.78, 5) is 7.45. The molecule has 2 saturated heterocycles. The van der Waals surface area contributed by atoms with Gasteiger partial charge in [-0.15, -0.1) is 36.2 Å². The van der Waals surface area contributed by atoms with Gasteiger partial charge in [0, 0.05) is 24.0 Å². The molecule has 144 valence electrons. The lowest BCUT2D eigenvalue weighted by Crippen LogP contribution is -2.38. The van der Waals surface area contributed by atoms with E-state index in [2.05, 4.69) is 27.7 Å². The van der Waals surface area contributed by atoms with Gasteiger partial charge in [-0.3, -0.25) is 4.90 Å². The predicted molar refractivity (Wildman–Crippen MR) is 113 cm³/mol. The Morgan fingerprint density at radius 1 is 1.15 bits per heavy atom. The van der Waals surface area contributed by atoms with Gasteiger partial charge in [0.15, 0.2) is 0 Å². The van der Waals surface area contributed by atoms with Crippen LogP contribution in [0.15, 0.2) is 29.6 Å². The molecule has 0 atom stereocenters. The number of ether oxygens (including phenoxy) is 1. The van der Waals surface area contributed by atoms with Crippen molar-refractivity contribution < 1.29 is 4.74 Å². The normalized spacial score (nSPS) is 19.0. The largest absolute Gasteiger partial charge is 0.497 e. The molecule has 4 nitrogen and oxygen atoms in total. The molecule has 0 amide bonds. The zero-order chi connectivity index (χ0) is 16.4. The summed E-state index contributed by atoms with van der Waals surface area (Å²) >= 11 is 1.74. The van der Waals surface area contributed by atoms with Crippen LogP contribution < -0.4 is 10.1 Å². The van der Waals surface area contributed by atoms with Crippen molar-refractivity contribution in [1.29, 1.82) is 0 Å². The van der Waals surface area contributed by atoms with Crippen molar-refractivity contribution in [3.63, 3.8) is 0 Å². The second kappa shape index (κ2) is 9.38. The number of benzene rings is 1. The van der Waals surface area contributed by atoms with Crippen LogP contribution in [0.3, 0.4) is 0 Å². The van der Waals surface area contributed by atoms with Crippen LogP contribution in [-0.4, -0.2) is 43.2 Å². The third-order valence-corrected chi connectivity index (χ3v) is 6.40. The monoisotopic (exact) mass is 415 g/mol. The lowest BCUT2D eigenvalue weighted by Gasteiger charge is -2.33. The van der Waals surface area contributed by atoms with E-state index in [1.54, 1.807) is 18.4 Å². The summed E-state index contributed by atoms with van der Waals surface area (Å²) < 4.78 is 5.23. The molecule has 3 heterocycles. The highest BCUT2D eigenvalue weighted by Crippen LogP contribution is 2.39. The third-order valence-electron chi connectivity index (χ3n) is 5.46. The first kappa shape index (κ1) is 21.5. The van der Waals surface area contributed by atoms with Crippen molar-refractivity contribution in [1.82, 2.24) is 15.2 Å². The zero-order valence-electron chi connectivity index (χ0n) is 15.1. The first-order valence-corrected chi connectivity index (χ1v) is 9.66. The average Bonchev–Trinajstić information content (AvgIpc) is 3.24. The molecule has 2 fully saturated rings. The van der Waals surface area contributed by atoms with Gasteiger partial charge in [0.25, 0.3) is 0 Å². The summed E-state index contributed by atoms with van der Waals surface area (Å²) in [5.41, 5.74) is 2.94. The van der Waals surface area contributed by atoms with E-state index in [0.717, 1.165) is 17.3 Å². The van der Waals surface area contributed by atoms with E-state index in [1.807, 2.05) is 12.1 Å². The third kappa shape index (κ3) is 4.70. The highest BCUT2D eigenvalue weighted by molar-refractivity contribution is 7.13. The summed E-state index contributed by atoms with van der Waals surface area (Å²) in [5, 5.41) is 6.81. The standard InChI is InChI=1S/C19H25N3OS.2ClH/c1-23-17-4-2-15(3-5-17)18-21-16(13-24-18)12-22-11-8-19(14-22)6-9-20-10-7-19;;/h2-5,13,20H,6-12,14H2,1H3;2*1H. The van der Waals surface area contributed by atoms with Crippen LogP contribution in [0.25, 0.3) is 10.6 Å². The molecule has 1 N–H and O–H groups in total. The summed E-state index contributed by atoms with van der Waals surface area (Å²) in [7, 11) is 1.70. The molecule has 2 aliphatic rings. The maximum atomic E-state index is 5.23. The van der Waals surface area contributed by atoms with Crippen LogP contribution >= 0.6 is 36.2 Å². The van der Waals surface area contributed by atoms with E-state index in [0.29, 0.717) is 5.41 Å². The molecule has 0 aliphatic carbocycles. The van der Waals surface area contributed by atoms with E-state index in [4.69, 9.17) is 9.72 Å². The molecular weight excluding hydrogens is 389 g/mol. The first-order chi connectivity index (χ1) is 11.8. The number of methoxy groups -OCH3 is 1. The topological polar surface area (TPSA) is 37.4 Å². The van der Waals surface area contributed by atoms with Gasteiger partial charge in [-0.05, 0) is 68.6 Å². The molecule has 2 aromatic rings. The predicted octanol–water partition coefficient (Wildman–Crippen LogP) is 4.24. The van der Waals surface area contributed by atoms with Crippen LogP contribution in [0.1, 0.15) is 25.0 Å². The second-order valence-electron chi connectivity index (χ2n) is 7.08. The number of hydrogen-bond acceptors (Lipinski definition) is 5. The highest BCUT2D eigenvalue weighted by Gasteiger charge is 2.38. The van der Waals surface area contributed by atoms with Crippen LogP contribution in [-0.2, 0) is 6.54 Å². The van der Waals surface area contributed by atoms with Crippen molar-refractivity contribution in [2.75, 3.05) is 33.3 Å². The minimum absolute atomic E-state index is 0. The fourth-order valence-electron chi connectivity index (χ4n) is 4.00. The smallest absolute Gasteiger partial charge is 0.123 e. The number of nitrogens with one attached hydrogen (secondary N) is 1. The molecule has 2 aliphatic heterocycles. The summed E-state index contributed by atoms with van der Waals surface area (Å²) in [6, 6.07) is 8.16. The van der Waals surface area contributed by atoms with Crippen LogP contribution in [0, 0.1) is 5.41 Å². The number of piperidine rings is 1. The van der Waals surface area contributed by atoms with E-state index >= 15 is 0 Å². The zero-order valence-corrected chi connectivity index (χ0v) is 17.5. The Balaban J connectivity index is 0.00000121. The molecule has 0 bridgehead atoms. The van der Waals surface area contributed by atoms with Crippen molar-refractivity contribution in [2.24, 2.45) is 5.41 Å². The Labute approximate surface area is 172 Å². The Morgan fingerprint density at radius 2 is 1.88 bits per heavy atom. The van der Waals surface area contributed by atoms with Crippen LogP contribution in [0.4, 0.5) is 0 Å². The Bertz CT molecular complexity index is 686. The SMILES string of the molecule is COc1ccc(-c2nc(CN3CCC4(CCNCC4)C3)cs2)cc1.Cl.Cl. The molecule has 0 radical (unpaired) electrons. The van der Waals surface area contributed by atoms with Gasteiger partial charge in [-0.1, -0.05) is 0 Å². The number of thiazole rings is 1. The number of halogens is 2. The highest BCUT2D eigenvalue weighted by atomic mass is 35.5. The Morgan fingerprint density at radius 3 is 2.58 bits per heavy atom. The molecule has 1 aromatic heterocycles. The fraction of sp³-hybridized carbons (Fsp3) is 0.526. The molecule has 7 heteroatoms. The minimum atomic E-state index is 0. The second-order valence-corrected chi connectivity index (χ2v) is 7.94. The Hall–Kier alpha value is -0.850. The molecule has 0 unspecified atom stereocenters. The van der Waals surface area contributed by atoms with Gasteiger partial charge in [0.2, 0.25) is 0 Å². The van der Waals surface area contributed by atoms with Gasteiger partial charge >= 0.3 is 0 Å². The van der Waals surface area contributed by atoms with E-state index in [1.165, 1.54) is 56.7 Å². The summed E-state index contributed by atoms with van der Waals surface area (Å²) in [5.74, 6) is 0.889. The molecular formula is C19H27Cl2N3OS. The number of hydrogen-bond donors (Lipinski definition) is 1. The van der Waals surface area contributed by atoms with Crippen molar-refractivity contribution in [3.05, 3.63) is 35.3 Å². The van der Waals surface area contributed by atoms with Crippen molar-refractivity contribution in [2.45, 2.75) is 25.8 Å². The lowest BCUT2D eigenvalue weighted by atomic mass is 9.78. The summed E-state index contributed by atoms with van der Waals surface area (Å²) in [6.45, 7) is 5.82. The number of nitrogens with zero attached hydrogens (tertiary/aromatic N) is 2. The number of aromatic nitrogens is 1. The van der Waals surface area contributed by atoms with Gasteiger partial charge in [0.05, 0.1) is 12.8 Å². The van der Waals surface area contributed by atoms with Gasteiger partial charge in [-0.2, -0.15) is 0 Å². The van der Waals surface area contributed by atoms with E-state index in [9.17, 15) is 0 Å². The average molecular weight is 416 g/mol. The molecule has 1 aromatic carbocycles. The molecule has 4 rings (SSSR count). The first-order valence-electron chi connectivity index (χ1n) is 8.78. The maximum absolute atomic E-state index is 5.23. The fourth-order valence-corrected chi connectivity index (χ4v) is 4.82. The lowest BCUT2D eigenvalue weighted by molar-refractivity contribution is 0.193. The number of likely N-dealkylation sites (tertiary alicyclic amines) is 1. The van der Waals surface area contributed by atoms with E-state index in [-0.39, 0.29) is 24.8 Å². The van der Waals surface area contributed by atoms with Crippen molar-refractivity contribution >= 4 is 36.2 Å². The number of rotatable bonds is 4. The van der Waals surface area contributed by atoms with Crippen molar-refractivity contribution in [3.8, 4) is 16.3 Å². The van der Waals surface area contributed by atoms with Crippen LogP contribution in [0.2, 0.25) is 0 Å². The molecule has 26 heavy (non-hydrogen) atoms. The maximum Gasteiger partial charge on any atom is 0.123 e. The van der Waals surface area contributed by atoms with Crippen LogP contribution in [0.5, 0.6) is 5.75 Å². The van der Waals surface area contributed by atoms with Gasteiger partial charge in [-0.25, -0.2) is 4.98 Å². The molecule has 1 spiro atoms.